The van der Waals surface area contributed by atoms with Gasteiger partial charge in [0.25, 0.3) is 0 Å². The van der Waals surface area contributed by atoms with E-state index in [2.05, 4.69) is 35.0 Å². The molecule has 0 saturated heterocycles. The normalized spacial score (nSPS) is 15.6. The van der Waals surface area contributed by atoms with Crippen LogP contribution in [0.25, 0.3) is 0 Å². The van der Waals surface area contributed by atoms with Crippen LogP contribution in [0.1, 0.15) is 44.7 Å². The van der Waals surface area contributed by atoms with Crippen molar-refractivity contribution in [3.63, 3.8) is 0 Å². The van der Waals surface area contributed by atoms with Crippen molar-refractivity contribution in [1.29, 1.82) is 0 Å². The van der Waals surface area contributed by atoms with Crippen LogP contribution >= 0.6 is 38.9 Å². The second-order valence-corrected chi connectivity index (χ2v) is 7.97. The first-order chi connectivity index (χ1) is 10.1. The Bertz CT molecular complexity index is 642. The van der Waals surface area contributed by atoms with Gasteiger partial charge in [0.15, 0.2) is 0 Å². The van der Waals surface area contributed by atoms with Crippen LogP contribution in [0.5, 0.6) is 5.75 Å². The van der Waals surface area contributed by atoms with Crippen LogP contribution in [0.3, 0.4) is 0 Å². The summed E-state index contributed by atoms with van der Waals surface area (Å²) in [7, 11) is 1.70. The first-order valence-corrected chi connectivity index (χ1v) is 9.24. The number of rotatable bonds is 3. The highest BCUT2D eigenvalue weighted by molar-refractivity contribution is 9.10. The third-order valence-corrected chi connectivity index (χ3v) is 6.81. The fourth-order valence-corrected chi connectivity index (χ4v) is 4.82. The molecule has 1 atom stereocenters. The van der Waals surface area contributed by atoms with Gasteiger partial charge in [0.1, 0.15) is 5.75 Å². The SMILES string of the molecule is COc1cc(C)c(Br)cc1C(Cl)c1cc2c(s1)CCCC2. The molecule has 4 heteroatoms. The molecule has 0 radical (unpaired) electrons. The van der Waals surface area contributed by atoms with Gasteiger partial charge in [0.2, 0.25) is 0 Å². The molecule has 1 unspecified atom stereocenters. The summed E-state index contributed by atoms with van der Waals surface area (Å²) in [6, 6.07) is 6.43. The molecule has 1 heterocycles. The van der Waals surface area contributed by atoms with Crippen LogP contribution in [0.4, 0.5) is 0 Å². The predicted molar refractivity (Wildman–Crippen MR) is 94.1 cm³/mol. The molecule has 2 aromatic rings. The zero-order chi connectivity index (χ0) is 15.0. The van der Waals surface area contributed by atoms with Crippen molar-refractivity contribution in [1.82, 2.24) is 0 Å². The second-order valence-electron chi connectivity index (χ2n) is 5.51. The standard InChI is InChI=1S/C17H18BrClOS/c1-10-7-14(20-2)12(9-13(10)18)17(19)16-8-11-5-3-4-6-15(11)21-16/h7-9,17H,3-6H2,1-2H3. The summed E-state index contributed by atoms with van der Waals surface area (Å²) < 4.78 is 6.60. The van der Waals surface area contributed by atoms with E-state index in [-0.39, 0.29) is 5.38 Å². The van der Waals surface area contributed by atoms with Crippen molar-refractivity contribution >= 4 is 38.9 Å². The molecular weight excluding hydrogens is 368 g/mol. The number of halogens is 2. The Morgan fingerprint density at radius 2 is 2.00 bits per heavy atom. The van der Waals surface area contributed by atoms with Crippen LogP contribution in [-0.4, -0.2) is 7.11 Å². The van der Waals surface area contributed by atoms with E-state index in [1.807, 2.05) is 17.4 Å². The maximum atomic E-state index is 6.77. The molecule has 21 heavy (non-hydrogen) atoms. The van der Waals surface area contributed by atoms with Crippen molar-refractivity contribution in [2.24, 2.45) is 0 Å². The Hall–Kier alpha value is -0.510. The van der Waals surface area contributed by atoms with Crippen molar-refractivity contribution in [2.75, 3.05) is 7.11 Å². The number of thiophene rings is 1. The monoisotopic (exact) mass is 384 g/mol. The molecule has 0 spiro atoms. The summed E-state index contributed by atoms with van der Waals surface area (Å²) >= 11 is 12.2. The third kappa shape index (κ3) is 3.01. The molecule has 112 valence electrons. The number of hydrogen-bond acceptors (Lipinski definition) is 2. The van der Waals surface area contributed by atoms with E-state index in [0.29, 0.717) is 0 Å². The van der Waals surface area contributed by atoms with Crippen LogP contribution in [0.15, 0.2) is 22.7 Å². The van der Waals surface area contributed by atoms with Gasteiger partial charge in [-0.15, -0.1) is 22.9 Å². The molecule has 0 fully saturated rings. The molecule has 1 aromatic carbocycles. The fraction of sp³-hybridized carbons (Fsp3) is 0.412. The predicted octanol–water partition coefficient (Wildman–Crippen LogP) is 6.03. The summed E-state index contributed by atoms with van der Waals surface area (Å²) in [6.07, 6.45) is 5.01. The summed E-state index contributed by atoms with van der Waals surface area (Å²) in [5, 5.41) is -0.146. The summed E-state index contributed by atoms with van der Waals surface area (Å²) in [5.41, 5.74) is 3.69. The van der Waals surface area contributed by atoms with E-state index in [0.717, 1.165) is 21.3 Å². The van der Waals surface area contributed by atoms with Gasteiger partial charge in [-0.25, -0.2) is 0 Å². The quantitative estimate of drug-likeness (QED) is 0.586. The lowest BCUT2D eigenvalue weighted by Crippen LogP contribution is -1.97. The fourth-order valence-electron chi connectivity index (χ4n) is 2.84. The summed E-state index contributed by atoms with van der Waals surface area (Å²) in [6.45, 7) is 2.06. The molecule has 0 saturated carbocycles. The largest absolute Gasteiger partial charge is 0.496 e. The van der Waals surface area contributed by atoms with Gasteiger partial charge in [-0.1, -0.05) is 15.9 Å². The van der Waals surface area contributed by atoms with E-state index in [4.69, 9.17) is 16.3 Å². The number of aryl methyl sites for hydroxylation is 3. The average Bonchev–Trinajstić information content (AvgIpc) is 2.92. The summed E-state index contributed by atoms with van der Waals surface area (Å²) in [5.74, 6) is 0.863. The molecule has 1 aromatic heterocycles. The van der Waals surface area contributed by atoms with E-state index < -0.39 is 0 Å². The lowest BCUT2D eigenvalue weighted by Gasteiger charge is -2.15. The molecule has 0 amide bonds. The zero-order valence-corrected chi connectivity index (χ0v) is 15.4. The van der Waals surface area contributed by atoms with Crippen molar-refractivity contribution in [3.8, 4) is 5.75 Å². The topological polar surface area (TPSA) is 9.23 Å². The Balaban J connectivity index is 1.99. The number of hydrogen-bond donors (Lipinski definition) is 0. The molecule has 3 rings (SSSR count). The molecule has 1 aliphatic carbocycles. The molecule has 1 nitrogen and oxygen atoms in total. The van der Waals surface area contributed by atoms with Crippen molar-refractivity contribution in [3.05, 3.63) is 49.1 Å². The molecule has 0 aliphatic heterocycles. The van der Waals surface area contributed by atoms with Crippen LogP contribution < -0.4 is 4.74 Å². The highest BCUT2D eigenvalue weighted by Gasteiger charge is 2.22. The average molecular weight is 386 g/mol. The highest BCUT2D eigenvalue weighted by Crippen LogP contribution is 2.42. The number of alkyl halides is 1. The maximum Gasteiger partial charge on any atom is 0.124 e. The van der Waals surface area contributed by atoms with Gasteiger partial charge in [0, 0.05) is 19.8 Å². The summed E-state index contributed by atoms with van der Waals surface area (Å²) in [4.78, 5) is 2.75. The van der Waals surface area contributed by atoms with Gasteiger partial charge in [-0.2, -0.15) is 0 Å². The number of benzene rings is 1. The van der Waals surface area contributed by atoms with Gasteiger partial charge in [0.05, 0.1) is 12.5 Å². The van der Waals surface area contributed by atoms with Crippen molar-refractivity contribution < 1.29 is 4.74 Å². The minimum atomic E-state index is -0.146. The number of ether oxygens (including phenoxy) is 1. The molecule has 0 bridgehead atoms. The van der Waals surface area contributed by atoms with E-state index in [9.17, 15) is 0 Å². The Morgan fingerprint density at radius 1 is 1.24 bits per heavy atom. The zero-order valence-electron chi connectivity index (χ0n) is 12.2. The Morgan fingerprint density at radius 3 is 2.71 bits per heavy atom. The minimum absolute atomic E-state index is 0.146. The first-order valence-electron chi connectivity index (χ1n) is 7.19. The maximum absolute atomic E-state index is 6.77. The Labute approximate surface area is 143 Å². The van der Waals surface area contributed by atoms with Gasteiger partial charge >= 0.3 is 0 Å². The van der Waals surface area contributed by atoms with E-state index in [1.165, 1.54) is 41.0 Å². The molecule has 1 aliphatic rings. The lowest BCUT2D eigenvalue weighted by molar-refractivity contribution is 0.410. The van der Waals surface area contributed by atoms with Gasteiger partial charge in [-0.05, 0) is 61.9 Å². The van der Waals surface area contributed by atoms with Crippen LogP contribution in [0, 0.1) is 6.92 Å². The first kappa shape index (κ1) is 15.4. The second kappa shape index (κ2) is 6.31. The molecular formula is C17H18BrClOS. The number of methoxy groups -OCH3 is 1. The molecule has 0 N–H and O–H groups in total. The highest BCUT2D eigenvalue weighted by atomic mass is 79.9. The van der Waals surface area contributed by atoms with Crippen molar-refractivity contribution in [2.45, 2.75) is 38.0 Å². The smallest absolute Gasteiger partial charge is 0.124 e. The van der Waals surface area contributed by atoms with Crippen LogP contribution in [-0.2, 0) is 12.8 Å². The van der Waals surface area contributed by atoms with Crippen LogP contribution in [0.2, 0.25) is 0 Å². The lowest BCUT2D eigenvalue weighted by atomic mass is 9.98. The minimum Gasteiger partial charge on any atom is -0.496 e. The van der Waals surface area contributed by atoms with Gasteiger partial charge in [-0.3, -0.25) is 0 Å². The number of fused-ring (bicyclic) bond motifs is 1. The van der Waals surface area contributed by atoms with Gasteiger partial charge < -0.3 is 4.74 Å². The Kier molecular flexibility index (Phi) is 4.63. The van der Waals surface area contributed by atoms with E-state index >= 15 is 0 Å². The van der Waals surface area contributed by atoms with E-state index in [1.54, 1.807) is 7.11 Å². The third-order valence-electron chi connectivity index (χ3n) is 4.05.